The molecule has 2 N–H and O–H groups in total. The van der Waals surface area contributed by atoms with E-state index in [9.17, 15) is 34.7 Å². The van der Waals surface area contributed by atoms with Gasteiger partial charge in [0.25, 0.3) is 11.6 Å². The minimum Gasteiger partial charge on any atom is -0.394 e. The molecule has 0 bridgehead atoms. The van der Waals surface area contributed by atoms with Gasteiger partial charge in [-0.2, -0.15) is 0 Å². The molecule has 6 rings (SSSR count). The topological polar surface area (TPSA) is 145 Å². The van der Waals surface area contributed by atoms with Gasteiger partial charge in [0.15, 0.2) is 5.60 Å². The number of amides is 3. The van der Waals surface area contributed by atoms with Crippen LogP contribution in [-0.4, -0.2) is 57.0 Å². The number of non-ortho nitro benzene ring substituents is 1. The SMILES string of the molecule is C[C@H](/C=C/CC(=O)N1Cc2ccccc2C[C@H]1CO)[C@@]1(O)C(=O)N(Cc2ccc(N3CCCC3=O)cc2)c2ccc([N+](=O)[O-])cc21. The van der Waals surface area contributed by atoms with Gasteiger partial charge in [-0.3, -0.25) is 24.5 Å². The lowest BCUT2D eigenvalue weighted by Gasteiger charge is -2.36. The normalized spacial score (nSPS) is 21.5. The minimum atomic E-state index is -2.11. The standard InChI is InChI=1S/C35H36N4O7/c1-23(6-4-9-33(42)37-21-26-8-3-2-7-25(26)18-29(37)22-40)35(44)30-19-28(39(45)46)15-16-31(30)38(34(35)43)20-24-11-13-27(14-12-24)36-17-5-10-32(36)41/h2-4,6-8,11-16,19,23,29,40,44H,5,9-10,17-18,20-22H2,1H3/b6-4+/t23-,29+,35+/m1/s1. The molecule has 0 radical (unpaired) electrons. The Hall–Kier alpha value is -4.87. The molecule has 11 nitrogen and oxygen atoms in total. The van der Waals surface area contributed by atoms with E-state index >= 15 is 0 Å². The minimum absolute atomic E-state index is 0.00927. The van der Waals surface area contributed by atoms with Crippen LogP contribution >= 0.6 is 0 Å². The molecule has 3 atom stereocenters. The molecule has 0 aliphatic carbocycles. The van der Waals surface area contributed by atoms with E-state index in [2.05, 4.69) is 0 Å². The molecule has 3 aliphatic rings. The van der Waals surface area contributed by atoms with Gasteiger partial charge in [-0.05, 0) is 47.7 Å². The number of anilines is 2. The highest BCUT2D eigenvalue weighted by Crippen LogP contribution is 2.47. The summed E-state index contributed by atoms with van der Waals surface area (Å²) in [6, 6.07) is 18.8. The number of aliphatic hydroxyl groups is 2. The third-order valence-corrected chi connectivity index (χ3v) is 9.39. The first-order valence-corrected chi connectivity index (χ1v) is 15.5. The number of nitrogens with zero attached hydrogens (tertiary/aromatic N) is 4. The molecular formula is C35H36N4O7. The number of nitro benzene ring substituents is 1. The van der Waals surface area contributed by atoms with Crippen molar-refractivity contribution in [2.24, 2.45) is 5.92 Å². The highest BCUT2D eigenvalue weighted by molar-refractivity contribution is 6.07. The van der Waals surface area contributed by atoms with Crippen LogP contribution in [0, 0.1) is 16.0 Å². The smallest absolute Gasteiger partial charge is 0.269 e. The van der Waals surface area contributed by atoms with E-state index in [1.807, 2.05) is 48.5 Å². The Morgan fingerprint density at radius 2 is 1.85 bits per heavy atom. The summed E-state index contributed by atoms with van der Waals surface area (Å²) in [5.74, 6) is -1.59. The van der Waals surface area contributed by atoms with Crippen molar-refractivity contribution in [2.75, 3.05) is 23.0 Å². The Balaban J connectivity index is 1.22. The number of hydrogen-bond acceptors (Lipinski definition) is 7. The van der Waals surface area contributed by atoms with Gasteiger partial charge in [0.2, 0.25) is 11.8 Å². The summed E-state index contributed by atoms with van der Waals surface area (Å²) in [5, 5.41) is 33.6. The second-order valence-corrected chi connectivity index (χ2v) is 12.2. The lowest BCUT2D eigenvalue weighted by Crippen LogP contribution is -2.46. The third kappa shape index (κ3) is 5.56. The summed E-state index contributed by atoms with van der Waals surface area (Å²) in [7, 11) is 0. The molecule has 0 saturated carbocycles. The van der Waals surface area contributed by atoms with Gasteiger partial charge in [-0.15, -0.1) is 0 Å². The molecule has 11 heteroatoms. The lowest BCUT2D eigenvalue weighted by molar-refractivity contribution is -0.385. The maximum atomic E-state index is 14.0. The monoisotopic (exact) mass is 624 g/mol. The number of carbonyl (C=O) groups excluding carboxylic acids is 3. The average molecular weight is 625 g/mol. The molecule has 1 fully saturated rings. The molecule has 3 amide bonds. The van der Waals surface area contributed by atoms with E-state index in [0.717, 1.165) is 28.8 Å². The Labute approximate surface area is 266 Å². The largest absolute Gasteiger partial charge is 0.394 e. The van der Waals surface area contributed by atoms with Gasteiger partial charge in [0, 0.05) is 55.2 Å². The van der Waals surface area contributed by atoms with Crippen LogP contribution in [0.15, 0.2) is 78.9 Å². The van der Waals surface area contributed by atoms with Crippen molar-refractivity contribution in [2.45, 2.75) is 57.3 Å². The van der Waals surface area contributed by atoms with Crippen LogP contribution < -0.4 is 9.80 Å². The van der Waals surface area contributed by atoms with Gasteiger partial charge in [-0.1, -0.05) is 55.5 Å². The van der Waals surface area contributed by atoms with Gasteiger partial charge in [-0.25, -0.2) is 0 Å². The fourth-order valence-corrected chi connectivity index (χ4v) is 6.76. The van der Waals surface area contributed by atoms with Crippen molar-refractivity contribution in [3.05, 3.63) is 111 Å². The quantitative estimate of drug-likeness (QED) is 0.208. The van der Waals surface area contributed by atoms with E-state index in [1.54, 1.807) is 28.9 Å². The Morgan fingerprint density at radius 1 is 1.11 bits per heavy atom. The number of carbonyl (C=O) groups is 3. The van der Waals surface area contributed by atoms with Crippen LogP contribution in [0.25, 0.3) is 0 Å². The first-order valence-electron chi connectivity index (χ1n) is 15.5. The van der Waals surface area contributed by atoms with Gasteiger partial charge < -0.3 is 24.9 Å². The van der Waals surface area contributed by atoms with Crippen molar-refractivity contribution in [3.63, 3.8) is 0 Å². The number of benzene rings is 3. The van der Waals surface area contributed by atoms with Crippen LogP contribution in [0.1, 0.15) is 48.4 Å². The van der Waals surface area contributed by atoms with Crippen LogP contribution in [0.3, 0.4) is 0 Å². The zero-order chi connectivity index (χ0) is 32.6. The van der Waals surface area contributed by atoms with Gasteiger partial charge in [0.05, 0.1) is 29.8 Å². The van der Waals surface area contributed by atoms with E-state index in [-0.39, 0.29) is 48.7 Å². The molecule has 0 unspecified atom stereocenters. The second kappa shape index (κ2) is 12.5. The highest BCUT2D eigenvalue weighted by atomic mass is 16.6. The van der Waals surface area contributed by atoms with Gasteiger partial charge >= 0.3 is 0 Å². The predicted molar refractivity (Wildman–Crippen MR) is 171 cm³/mol. The zero-order valence-corrected chi connectivity index (χ0v) is 25.5. The maximum Gasteiger partial charge on any atom is 0.269 e. The Kier molecular flexibility index (Phi) is 8.45. The number of rotatable bonds is 9. The predicted octanol–water partition coefficient (Wildman–Crippen LogP) is 3.98. The third-order valence-electron chi connectivity index (χ3n) is 9.39. The first-order chi connectivity index (χ1) is 22.1. The summed E-state index contributed by atoms with van der Waals surface area (Å²) < 4.78 is 0. The molecule has 0 spiro atoms. The van der Waals surface area contributed by atoms with Crippen LogP contribution in [0.5, 0.6) is 0 Å². The Bertz CT molecular complexity index is 1720. The Morgan fingerprint density at radius 3 is 2.52 bits per heavy atom. The van der Waals surface area contributed by atoms with Crippen molar-refractivity contribution in [3.8, 4) is 0 Å². The molecule has 0 aromatic heterocycles. The van der Waals surface area contributed by atoms with E-state index < -0.39 is 22.3 Å². The zero-order valence-electron chi connectivity index (χ0n) is 25.5. The van der Waals surface area contributed by atoms with E-state index in [0.29, 0.717) is 31.6 Å². The van der Waals surface area contributed by atoms with Crippen molar-refractivity contribution >= 4 is 34.8 Å². The van der Waals surface area contributed by atoms with Gasteiger partial charge in [0.1, 0.15) is 0 Å². The molecule has 1 saturated heterocycles. The van der Waals surface area contributed by atoms with E-state index in [4.69, 9.17) is 0 Å². The number of hydrogen-bond donors (Lipinski definition) is 2. The molecule has 46 heavy (non-hydrogen) atoms. The van der Waals surface area contributed by atoms with Crippen LogP contribution in [-0.2, 0) is 39.5 Å². The molecule has 3 aromatic rings. The molecule has 3 aromatic carbocycles. The van der Waals surface area contributed by atoms with E-state index in [1.165, 1.54) is 23.1 Å². The summed E-state index contributed by atoms with van der Waals surface area (Å²) in [4.78, 5) is 55.3. The number of nitro groups is 1. The lowest BCUT2D eigenvalue weighted by atomic mass is 9.82. The first kappa shape index (κ1) is 31.1. The van der Waals surface area contributed by atoms with Crippen LogP contribution in [0.2, 0.25) is 0 Å². The number of aliphatic hydroxyl groups excluding tert-OH is 1. The summed E-state index contributed by atoms with van der Waals surface area (Å²) >= 11 is 0. The summed E-state index contributed by atoms with van der Waals surface area (Å²) in [6.45, 7) is 2.62. The molecular weight excluding hydrogens is 588 g/mol. The summed E-state index contributed by atoms with van der Waals surface area (Å²) in [5.41, 5.74) is 1.80. The highest BCUT2D eigenvalue weighted by Gasteiger charge is 2.53. The molecule has 3 aliphatic heterocycles. The fraction of sp³-hybridized carbons (Fsp3) is 0.343. The fourth-order valence-electron chi connectivity index (χ4n) is 6.76. The average Bonchev–Trinajstić information content (AvgIpc) is 3.59. The van der Waals surface area contributed by atoms with Crippen molar-refractivity contribution < 1.29 is 29.5 Å². The van der Waals surface area contributed by atoms with Crippen LogP contribution in [0.4, 0.5) is 17.1 Å². The number of fused-ring (bicyclic) bond motifs is 2. The molecule has 3 heterocycles. The maximum absolute atomic E-state index is 14.0. The molecule has 238 valence electrons. The van der Waals surface area contributed by atoms with Crippen molar-refractivity contribution in [1.29, 1.82) is 0 Å². The van der Waals surface area contributed by atoms with Crippen molar-refractivity contribution in [1.82, 2.24) is 4.90 Å². The summed E-state index contributed by atoms with van der Waals surface area (Å²) in [6.07, 6.45) is 5.06. The second-order valence-electron chi connectivity index (χ2n) is 12.2.